The van der Waals surface area contributed by atoms with Crippen molar-refractivity contribution in [1.29, 1.82) is 0 Å². The summed E-state index contributed by atoms with van der Waals surface area (Å²) in [5, 5.41) is 2.59. The van der Waals surface area contributed by atoms with E-state index in [1.54, 1.807) is 7.11 Å². The van der Waals surface area contributed by atoms with Crippen LogP contribution in [0.4, 0.5) is 0 Å². The Labute approximate surface area is 84.3 Å². The predicted octanol–water partition coefficient (Wildman–Crippen LogP) is 3.47. The van der Waals surface area contributed by atoms with Crippen molar-refractivity contribution in [1.82, 2.24) is 0 Å². The molecule has 0 aliphatic heterocycles. The molecule has 0 fully saturated rings. The van der Waals surface area contributed by atoms with Gasteiger partial charge in [-0.3, -0.25) is 0 Å². The van der Waals surface area contributed by atoms with Gasteiger partial charge in [0.1, 0.15) is 5.75 Å². The van der Waals surface area contributed by atoms with Crippen LogP contribution in [0.1, 0.15) is 11.1 Å². The molecule has 0 N–H and O–H groups in total. The summed E-state index contributed by atoms with van der Waals surface area (Å²) in [5.74, 6) is 0.922. The van der Waals surface area contributed by atoms with Crippen molar-refractivity contribution in [3.05, 3.63) is 41.5 Å². The van der Waals surface area contributed by atoms with Gasteiger partial charge in [0.15, 0.2) is 0 Å². The fourth-order valence-corrected chi connectivity index (χ4v) is 1.75. The first-order chi connectivity index (χ1) is 6.72. The van der Waals surface area contributed by atoms with E-state index >= 15 is 0 Å². The first-order valence-electron chi connectivity index (χ1n) is 4.76. The van der Waals surface area contributed by atoms with E-state index in [1.807, 2.05) is 6.07 Å². The third kappa shape index (κ3) is 1.35. The van der Waals surface area contributed by atoms with Crippen LogP contribution < -0.4 is 4.74 Å². The maximum Gasteiger partial charge on any atom is 0.119 e. The number of rotatable bonds is 1. The monoisotopic (exact) mass is 186 g/mol. The van der Waals surface area contributed by atoms with Gasteiger partial charge in [-0.1, -0.05) is 18.2 Å². The molecule has 14 heavy (non-hydrogen) atoms. The van der Waals surface area contributed by atoms with Gasteiger partial charge in [-0.15, -0.1) is 0 Å². The van der Waals surface area contributed by atoms with Crippen LogP contribution in [0.25, 0.3) is 10.8 Å². The average Bonchev–Trinajstić information content (AvgIpc) is 2.23. The number of benzene rings is 2. The number of fused-ring (bicyclic) bond motifs is 1. The van der Waals surface area contributed by atoms with Crippen LogP contribution in [0.5, 0.6) is 5.75 Å². The fourth-order valence-electron chi connectivity index (χ4n) is 1.75. The number of ether oxygens (including phenoxy) is 1. The summed E-state index contributed by atoms with van der Waals surface area (Å²) in [7, 11) is 1.70. The van der Waals surface area contributed by atoms with Gasteiger partial charge in [0.05, 0.1) is 7.11 Å². The molecule has 0 amide bonds. The largest absolute Gasteiger partial charge is 0.497 e. The van der Waals surface area contributed by atoms with Crippen LogP contribution in [0, 0.1) is 13.8 Å². The molecule has 2 aromatic carbocycles. The molecule has 0 aromatic heterocycles. The van der Waals surface area contributed by atoms with Gasteiger partial charge in [-0.25, -0.2) is 0 Å². The van der Waals surface area contributed by atoms with Crippen molar-refractivity contribution < 1.29 is 4.74 Å². The SMILES string of the molecule is COc1ccc2c(C)ccc(C)c2c1. The molecule has 0 saturated heterocycles. The quantitative estimate of drug-likeness (QED) is 0.662. The number of hydrogen-bond donors (Lipinski definition) is 0. The van der Waals surface area contributed by atoms with Gasteiger partial charge in [0, 0.05) is 0 Å². The molecule has 0 unspecified atom stereocenters. The maximum absolute atomic E-state index is 5.22. The van der Waals surface area contributed by atoms with Crippen molar-refractivity contribution in [2.45, 2.75) is 13.8 Å². The first kappa shape index (κ1) is 9.07. The van der Waals surface area contributed by atoms with Crippen LogP contribution in [0.15, 0.2) is 30.3 Å². The Bertz CT molecular complexity index is 472. The minimum Gasteiger partial charge on any atom is -0.497 e. The Morgan fingerprint density at radius 3 is 2.14 bits per heavy atom. The summed E-state index contributed by atoms with van der Waals surface area (Å²) in [4.78, 5) is 0. The van der Waals surface area contributed by atoms with Crippen LogP contribution in [0.3, 0.4) is 0 Å². The summed E-state index contributed by atoms with van der Waals surface area (Å²) < 4.78 is 5.22. The molecule has 2 aromatic rings. The molecule has 0 bridgehead atoms. The minimum atomic E-state index is 0.922. The molecule has 0 aliphatic rings. The van der Waals surface area contributed by atoms with Crippen molar-refractivity contribution in [3.8, 4) is 5.75 Å². The van der Waals surface area contributed by atoms with Crippen molar-refractivity contribution >= 4 is 10.8 Å². The molecule has 0 saturated carbocycles. The van der Waals surface area contributed by atoms with Gasteiger partial charge in [-0.05, 0) is 47.9 Å². The highest BCUT2D eigenvalue weighted by Crippen LogP contribution is 2.26. The third-order valence-electron chi connectivity index (χ3n) is 2.66. The van der Waals surface area contributed by atoms with Gasteiger partial charge in [-0.2, -0.15) is 0 Å². The van der Waals surface area contributed by atoms with E-state index in [1.165, 1.54) is 21.9 Å². The summed E-state index contributed by atoms with van der Waals surface area (Å²) in [6, 6.07) is 10.5. The Hall–Kier alpha value is -1.50. The number of hydrogen-bond acceptors (Lipinski definition) is 1. The first-order valence-corrected chi connectivity index (χ1v) is 4.76. The normalized spacial score (nSPS) is 10.5. The molecular weight excluding hydrogens is 172 g/mol. The number of aryl methyl sites for hydroxylation is 2. The zero-order chi connectivity index (χ0) is 10.1. The lowest BCUT2D eigenvalue weighted by molar-refractivity contribution is 0.415. The Morgan fingerprint density at radius 2 is 1.50 bits per heavy atom. The second-order valence-electron chi connectivity index (χ2n) is 3.61. The molecular formula is C13H14O. The highest BCUT2D eigenvalue weighted by atomic mass is 16.5. The van der Waals surface area contributed by atoms with E-state index < -0.39 is 0 Å². The van der Waals surface area contributed by atoms with Crippen molar-refractivity contribution in [3.63, 3.8) is 0 Å². The molecule has 72 valence electrons. The molecule has 1 heteroatoms. The van der Waals surface area contributed by atoms with Gasteiger partial charge >= 0.3 is 0 Å². The standard InChI is InChI=1S/C13H14O/c1-9-4-5-10(2)13-8-11(14-3)6-7-12(9)13/h4-8H,1-3H3. The van der Waals surface area contributed by atoms with Crippen LogP contribution in [-0.4, -0.2) is 7.11 Å². The second kappa shape index (κ2) is 3.33. The second-order valence-corrected chi connectivity index (χ2v) is 3.61. The summed E-state index contributed by atoms with van der Waals surface area (Å²) >= 11 is 0. The average molecular weight is 186 g/mol. The zero-order valence-electron chi connectivity index (χ0n) is 8.79. The lowest BCUT2D eigenvalue weighted by Crippen LogP contribution is -1.86. The Kier molecular flexibility index (Phi) is 2.16. The molecule has 0 aliphatic carbocycles. The molecule has 0 spiro atoms. The smallest absolute Gasteiger partial charge is 0.119 e. The van der Waals surface area contributed by atoms with Crippen LogP contribution in [-0.2, 0) is 0 Å². The van der Waals surface area contributed by atoms with E-state index in [9.17, 15) is 0 Å². The van der Waals surface area contributed by atoms with Gasteiger partial charge < -0.3 is 4.74 Å². The molecule has 0 radical (unpaired) electrons. The lowest BCUT2D eigenvalue weighted by atomic mass is 10.0. The molecule has 0 heterocycles. The topological polar surface area (TPSA) is 9.23 Å². The Balaban J connectivity index is 2.80. The number of methoxy groups -OCH3 is 1. The lowest BCUT2D eigenvalue weighted by Gasteiger charge is -2.07. The van der Waals surface area contributed by atoms with Crippen LogP contribution >= 0.6 is 0 Å². The predicted molar refractivity (Wildman–Crippen MR) is 60.0 cm³/mol. The summed E-state index contributed by atoms with van der Waals surface area (Å²) in [5.41, 5.74) is 2.61. The van der Waals surface area contributed by atoms with Crippen LogP contribution in [0.2, 0.25) is 0 Å². The van der Waals surface area contributed by atoms with E-state index in [2.05, 4.69) is 38.1 Å². The van der Waals surface area contributed by atoms with Crippen molar-refractivity contribution in [2.24, 2.45) is 0 Å². The highest BCUT2D eigenvalue weighted by Gasteiger charge is 2.01. The Morgan fingerprint density at radius 1 is 0.857 bits per heavy atom. The summed E-state index contributed by atoms with van der Waals surface area (Å²) in [6.45, 7) is 4.26. The van der Waals surface area contributed by atoms with E-state index in [0.717, 1.165) is 5.75 Å². The third-order valence-corrected chi connectivity index (χ3v) is 2.66. The van der Waals surface area contributed by atoms with Gasteiger partial charge in [0.2, 0.25) is 0 Å². The minimum absolute atomic E-state index is 0.922. The van der Waals surface area contributed by atoms with E-state index in [-0.39, 0.29) is 0 Å². The zero-order valence-corrected chi connectivity index (χ0v) is 8.79. The molecule has 1 nitrogen and oxygen atoms in total. The molecule has 0 atom stereocenters. The fraction of sp³-hybridized carbons (Fsp3) is 0.231. The van der Waals surface area contributed by atoms with Crippen molar-refractivity contribution in [2.75, 3.05) is 7.11 Å². The highest BCUT2D eigenvalue weighted by molar-refractivity contribution is 5.89. The maximum atomic E-state index is 5.22. The molecule has 2 rings (SSSR count). The van der Waals surface area contributed by atoms with Gasteiger partial charge in [0.25, 0.3) is 0 Å². The summed E-state index contributed by atoms with van der Waals surface area (Å²) in [6.07, 6.45) is 0. The van der Waals surface area contributed by atoms with E-state index in [0.29, 0.717) is 0 Å². The van der Waals surface area contributed by atoms with E-state index in [4.69, 9.17) is 4.74 Å².